The molecule has 0 saturated heterocycles. The maximum absolute atomic E-state index is 3.38. The molecule has 1 aromatic carbocycles. The minimum Gasteiger partial charge on any atom is -0.0654 e. The third-order valence-electron chi connectivity index (χ3n) is 4.00. The van der Waals surface area contributed by atoms with Crippen LogP contribution in [0.1, 0.15) is 81.9 Å². The van der Waals surface area contributed by atoms with Crippen LogP contribution in [0.4, 0.5) is 0 Å². The van der Waals surface area contributed by atoms with Gasteiger partial charge in [-0.05, 0) is 55.4 Å². The summed E-state index contributed by atoms with van der Waals surface area (Å²) in [6, 6.07) is 7.79. The first-order valence-corrected chi connectivity index (χ1v) is 8.28. The van der Waals surface area contributed by atoms with Crippen LogP contribution < -0.4 is 0 Å². The number of hydrogen-bond acceptors (Lipinski definition) is 0. The summed E-state index contributed by atoms with van der Waals surface area (Å²) in [7, 11) is 0. The van der Waals surface area contributed by atoms with Crippen molar-refractivity contribution in [2.45, 2.75) is 85.0 Å². The normalized spacial score (nSPS) is 10.9. The van der Waals surface area contributed by atoms with Gasteiger partial charge in [0, 0.05) is 0 Å². The largest absolute Gasteiger partial charge is 0.0654 e. The van der Waals surface area contributed by atoms with Crippen LogP contribution >= 0.6 is 0 Å². The first-order valence-electron chi connectivity index (χ1n) is 8.28. The van der Waals surface area contributed by atoms with Crippen LogP contribution in [0.25, 0.3) is 0 Å². The first-order chi connectivity index (χ1) is 9.29. The fourth-order valence-electron chi connectivity index (χ4n) is 2.75. The highest BCUT2D eigenvalue weighted by molar-refractivity contribution is 5.34. The lowest BCUT2D eigenvalue weighted by atomic mass is 9.93. The van der Waals surface area contributed by atoms with Gasteiger partial charge in [0.25, 0.3) is 0 Å². The summed E-state index contributed by atoms with van der Waals surface area (Å²) in [6.07, 6.45) is 13.4. The Bertz CT molecular complexity index is 338. The molecule has 0 saturated carbocycles. The van der Waals surface area contributed by atoms with Crippen molar-refractivity contribution in [3.8, 4) is 0 Å². The number of hydrogen-bond donors (Lipinski definition) is 0. The molecule has 0 nitrogen and oxygen atoms in total. The highest BCUT2D eigenvalue weighted by atomic mass is 14.1. The predicted octanol–water partition coefficient (Wildman–Crippen LogP) is 6.04. The number of benzene rings is 1. The van der Waals surface area contributed by atoms with Gasteiger partial charge in [0.05, 0.1) is 0 Å². The quantitative estimate of drug-likeness (QED) is 0.449. The SMILES string of the molecule is CCCCCCc1cc[c]c(C)c1CCCCCC. The van der Waals surface area contributed by atoms with Crippen LogP contribution in [0.5, 0.6) is 0 Å². The van der Waals surface area contributed by atoms with Crippen molar-refractivity contribution in [2.75, 3.05) is 0 Å². The minimum absolute atomic E-state index is 1.26. The number of aryl methyl sites for hydroxylation is 2. The number of rotatable bonds is 10. The molecule has 19 heavy (non-hydrogen) atoms. The van der Waals surface area contributed by atoms with Crippen molar-refractivity contribution in [1.82, 2.24) is 0 Å². The monoisotopic (exact) mass is 259 g/mol. The molecular weight excluding hydrogens is 228 g/mol. The van der Waals surface area contributed by atoms with Gasteiger partial charge in [-0.2, -0.15) is 0 Å². The van der Waals surface area contributed by atoms with Gasteiger partial charge in [-0.15, -0.1) is 0 Å². The van der Waals surface area contributed by atoms with Crippen LogP contribution in [-0.4, -0.2) is 0 Å². The Kier molecular flexibility index (Phi) is 8.62. The molecule has 0 aromatic heterocycles. The van der Waals surface area contributed by atoms with Gasteiger partial charge in [0.15, 0.2) is 0 Å². The molecule has 0 amide bonds. The van der Waals surface area contributed by atoms with Gasteiger partial charge in [-0.3, -0.25) is 0 Å². The summed E-state index contributed by atoms with van der Waals surface area (Å²) in [5.74, 6) is 0. The second-order valence-corrected chi connectivity index (χ2v) is 5.73. The summed E-state index contributed by atoms with van der Waals surface area (Å²) in [5.41, 5.74) is 4.56. The molecule has 0 heteroatoms. The van der Waals surface area contributed by atoms with Gasteiger partial charge < -0.3 is 0 Å². The lowest BCUT2D eigenvalue weighted by Crippen LogP contribution is -1.98. The Morgan fingerprint density at radius 2 is 1.47 bits per heavy atom. The highest BCUT2D eigenvalue weighted by Crippen LogP contribution is 2.19. The van der Waals surface area contributed by atoms with E-state index in [-0.39, 0.29) is 0 Å². The molecule has 1 radical (unpaired) electrons. The molecule has 0 fully saturated rings. The predicted molar refractivity (Wildman–Crippen MR) is 85.7 cm³/mol. The van der Waals surface area contributed by atoms with Crippen LogP contribution in [0.3, 0.4) is 0 Å². The van der Waals surface area contributed by atoms with Gasteiger partial charge in [0.2, 0.25) is 0 Å². The molecular formula is C19H31. The van der Waals surface area contributed by atoms with Crippen LogP contribution in [-0.2, 0) is 12.8 Å². The summed E-state index contributed by atoms with van der Waals surface area (Å²) in [5, 5.41) is 0. The van der Waals surface area contributed by atoms with E-state index in [1.165, 1.54) is 69.8 Å². The van der Waals surface area contributed by atoms with E-state index in [1.807, 2.05) is 0 Å². The van der Waals surface area contributed by atoms with Crippen LogP contribution in [0.15, 0.2) is 12.1 Å². The summed E-state index contributed by atoms with van der Waals surface area (Å²) in [4.78, 5) is 0. The third-order valence-corrected chi connectivity index (χ3v) is 4.00. The van der Waals surface area contributed by atoms with Gasteiger partial charge in [-0.25, -0.2) is 0 Å². The van der Waals surface area contributed by atoms with Crippen molar-refractivity contribution >= 4 is 0 Å². The van der Waals surface area contributed by atoms with Crippen molar-refractivity contribution in [2.24, 2.45) is 0 Å². The van der Waals surface area contributed by atoms with Crippen molar-refractivity contribution < 1.29 is 0 Å². The second kappa shape index (κ2) is 10.1. The smallest absolute Gasteiger partial charge is 0.0149 e. The van der Waals surface area contributed by atoms with Crippen molar-refractivity contribution in [3.05, 3.63) is 34.9 Å². The molecule has 0 aliphatic heterocycles. The molecule has 0 aliphatic carbocycles. The molecule has 0 unspecified atom stereocenters. The standard InChI is InChI=1S/C19H31/c1-4-6-8-10-14-18-15-12-13-17(3)19(18)16-11-9-7-5-2/h12,15H,4-11,14,16H2,1-3H3. The minimum atomic E-state index is 1.26. The van der Waals surface area contributed by atoms with E-state index >= 15 is 0 Å². The van der Waals surface area contributed by atoms with Gasteiger partial charge >= 0.3 is 0 Å². The Balaban J connectivity index is 2.51. The average molecular weight is 259 g/mol. The van der Waals surface area contributed by atoms with E-state index in [4.69, 9.17) is 0 Å². The molecule has 0 aliphatic rings. The molecule has 107 valence electrons. The van der Waals surface area contributed by atoms with E-state index in [2.05, 4.69) is 39.0 Å². The number of unbranched alkanes of at least 4 members (excludes halogenated alkanes) is 6. The maximum atomic E-state index is 3.38. The molecule has 0 N–H and O–H groups in total. The Hall–Kier alpha value is -0.780. The van der Waals surface area contributed by atoms with E-state index in [9.17, 15) is 0 Å². The molecule has 0 atom stereocenters. The lowest BCUT2D eigenvalue weighted by Gasteiger charge is -2.12. The third kappa shape index (κ3) is 6.27. The summed E-state index contributed by atoms with van der Waals surface area (Å²) >= 11 is 0. The average Bonchev–Trinajstić information content (AvgIpc) is 2.42. The zero-order valence-electron chi connectivity index (χ0n) is 13.2. The second-order valence-electron chi connectivity index (χ2n) is 5.73. The topological polar surface area (TPSA) is 0 Å². The zero-order valence-corrected chi connectivity index (χ0v) is 13.2. The zero-order chi connectivity index (χ0) is 13.9. The molecule has 1 aromatic rings. The van der Waals surface area contributed by atoms with Crippen LogP contribution in [0, 0.1) is 13.0 Å². The molecule has 0 heterocycles. The fraction of sp³-hybridized carbons (Fsp3) is 0.684. The summed E-state index contributed by atoms with van der Waals surface area (Å²) in [6.45, 7) is 6.78. The first kappa shape index (κ1) is 16.3. The van der Waals surface area contributed by atoms with Crippen molar-refractivity contribution in [3.63, 3.8) is 0 Å². The Morgan fingerprint density at radius 1 is 0.842 bits per heavy atom. The fourth-order valence-corrected chi connectivity index (χ4v) is 2.75. The Morgan fingerprint density at radius 3 is 2.11 bits per heavy atom. The van der Waals surface area contributed by atoms with E-state index in [0.717, 1.165) is 0 Å². The van der Waals surface area contributed by atoms with E-state index in [0.29, 0.717) is 0 Å². The maximum Gasteiger partial charge on any atom is -0.0149 e. The van der Waals surface area contributed by atoms with Gasteiger partial charge in [-0.1, -0.05) is 64.5 Å². The van der Waals surface area contributed by atoms with Gasteiger partial charge in [0.1, 0.15) is 0 Å². The lowest BCUT2D eigenvalue weighted by molar-refractivity contribution is 0.649. The molecule has 0 spiro atoms. The van der Waals surface area contributed by atoms with Crippen LogP contribution in [0.2, 0.25) is 0 Å². The van der Waals surface area contributed by atoms with Crippen molar-refractivity contribution in [1.29, 1.82) is 0 Å². The molecule has 1 rings (SSSR count). The Labute approximate surface area is 120 Å². The van der Waals surface area contributed by atoms with E-state index < -0.39 is 0 Å². The molecule has 0 bridgehead atoms. The summed E-state index contributed by atoms with van der Waals surface area (Å²) < 4.78 is 0. The highest BCUT2D eigenvalue weighted by Gasteiger charge is 2.05. The van der Waals surface area contributed by atoms with E-state index in [1.54, 1.807) is 11.1 Å².